The van der Waals surface area contributed by atoms with Crippen LogP contribution in [0.25, 0.3) is 0 Å². The molecule has 1 aromatic carbocycles. The second-order valence-electron chi connectivity index (χ2n) is 4.56. The van der Waals surface area contributed by atoms with Crippen LogP contribution in [-0.4, -0.2) is 31.6 Å². The van der Waals surface area contributed by atoms with Crippen molar-refractivity contribution in [2.45, 2.75) is 19.4 Å². The third-order valence-electron chi connectivity index (χ3n) is 3.04. The minimum Gasteiger partial charge on any atom is -0.384 e. The number of nitrogens with two attached hydrogens (primary N) is 1. The summed E-state index contributed by atoms with van der Waals surface area (Å²) in [5.41, 5.74) is 7.28. The third-order valence-corrected chi connectivity index (χ3v) is 3.28. The minimum absolute atomic E-state index is 0.0466. The number of hydrogen-bond acceptors (Lipinski definition) is 3. The molecule has 0 aromatic heterocycles. The topological polar surface area (TPSA) is 62.3 Å². The van der Waals surface area contributed by atoms with E-state index in [1.165, 1.54) is 0 Å². The summed E-state index contributed by atoms with van der Waals surface area (Å²) >= 11 is 5.97. The summed E-state index contributed by atoms with van der Waals surface area (Å²) in [6.07, 6.45) is 1.16. The number of nitrogens with one attached hydrogen (secondary N) is 1. The van der Waals surface area contributed by atoms with Gasteiger partial charge >= 0.3 is 0 Å². The van der Waals surface area contributed by atoms with Crippen molar-refractivity contribution < 1.29 is 4.74 Å². The Bertz CT molecular complexity index is 450. The molecule has 1 aliphatic rings. The quantitative estimate of drug-likeness (QED) is 0.638. The molecule has 5 heteroatoms. The van der Waals surface area contributed by atoms with E-state index in [0.717, 1.165) is 31.8 Å². The highest BCUT2D eigenvalue weighted by Crippen LogP contribution is 2.25. The second kappa shape index (κ2) is 5.59. The van der Waals surface area contributed by atoms with Crippen molar-refractivity contribution in [3.8, 4) is 0 Å². The number of benzene rings is 1. The van der Waals surface area contributed by atoms with Crippen LogP contribution >= 0.6 is 11.6 Å². The molecule has 1 atom stereocenters. The summed E-state index contributed by atoms with van der Waals surface area (Å²) in [4.78, 5) is 2.21. The Balaban J connectivity index is 2.33. The smallest absolute Gasteiger partial charge is 0.124 e. The maximum Gasteiger partial charge on any atom is 0.124 e. The Hall–Kier alpha value is -1.26. The Morgan fingerprint density at radius 2 is 2.33 bits per heavy atom. The van der Waals surface area contributed by atoms with E-state index in [2.05, 4.69) is 11.8 Å². The van der Waals surface area contributed by atoms with Gasteiger partial charge in [-0.3, -0.25) is 5.41 Å². The minimum atomic E-state index is 0.0466. The predicted octanol–water partition coefficient (Wildman–Crippen LogP) is 2.24. The maximum atomic E-state index is 7.66. The number of amidine groups is 1. The van der Waals surface area contributed by atoms with E-state index < -0.39 is 0 Å². The summed E-state index contributed by atoms with van der Waals surface area (Å²) in [6, 6.07) is 5.51. The van der Waals surface area contributed by atoms with E-state index in [4.69, 9.17) is 27.5 Å². The average Bonchev–Trinajstić information content (AvgIpc) is 2.53. The molecule has 0 spiro atoms. The van der Waals surface area contributed by atoms with E-state index in [9.17, 15) is 0 Å². The Morgan fingerprint density at radius 1 is 1.56 bits per heavy atom. The van der Waals surface area contributed by atoms with Crippen molar-refractivity contribution in [3.05, 3.63) is 28.8 Å². The van der Waals surface area contributed by atoms with Crippen LogP contribution in [0, 0.1) is 5.41 Å². The number of ether oxygens (including phenoxy) is 1. The average molecular weight is 268 g/mol. The molecule has 1 saturated heterocycles. The molecule has 1 heterocycles. The van der Waals surface area contributed by atoms with E-state index >= 15 is 0 Å². The van der Waals surface area contributed by atoms with Gasteiger partial charge in [0.05, 0.1) is 6.10 Å². The first-order chi connectivity index (χ1) is 8.58. The monoisotopic (exact) mass is 267 g/mol. The maximum absolute atomic E-state index is 7.66. The summed E-state index contributed by atoms with van der Waals surface area (Å²) in [5, 5.41) is 8.26. The van der Waals surface area contributed by atoms with Crippen LogP contribution in [0.1, 0.15) is 18.9 Å². The summed E-state index contributed by atoms with van der Waals surface area (Å²) in [6.45, 7) is 4.55. The predicted molar refractivity (Wildman–Crippen MR) is 74.7 cm³/mol. The molecule has 0 amide bonds. The number of nitrogens with zero attached hydrogens (tertiary/aromatic N) is 1. The van der Waals surface area contributed by atoms with Crippen molar-refractivity contribution >= 4 is 23.1 Å². The molecule has 4 nitrogen and oxygen atoms in total. The van der Waals surface area contributed by atoms with Gasteiger partial charge in [0.15, 0.2) is 0 Å². The van der Waals surface area contributed by atoms with Gasteiger partial charge in [-0.25, -0.2) is 0 Å². The number of anilines is 1. The lowest BCUT2D eigenvalue weighted by atomic mass is 10.1. The Labute approximate surface area is 112 Å². The third kappa shape index (κ3) is 2.94. The van der Waals surface area contributed by atoms with Gasteiger partial charge in [0, 0.05) is 36.0 Å². The highest BCUT2D eigenvalue weighted by atomic mass is 35.5. The zero-order valence-corrected chi connectivity index (χ0v) is 11.2. The standard InChI is InChI=1S/C13H18ClN3O/c1-9-8-17(5-2-6-18-9)12-4-3-10(14)7-11(12)13(15)16/h3-4,7,9H,2,5-6,8H2,1H3,(H3,15,16). The zero-order chi connectivity index (χ0) is 13.1. The SMILES string of the molecule is CC1CN(c2ccc(Cl)cc2C(=N)N)CCCO1. The van der Waals surface area contributed by atoms with Crippen molar-refractivity contribution in [2.75, 3.05) is 24.6 Å². The first-order valence-electron chi connectivity index (χ1n) is 6.08. The fourth-order valence-electron chi connectivity index (χ4n) is 2.21. The molecule has 1 aromatic rings. The molecular formula is C13H18ClN3O. The number of hydrogen-bond donors (Lipinski definition) is 2. The van der Waals surface area contributed by atoms with Gasteiger partial charge in [-0.05, 0) is 31.5 Å². The fourth-order valence-corrected chi connectivity index (χ4v) is 2.38. The molecule has 0 radical (unpaired) electrons. The first-order valence-corrected chi connectivity index (χ1v) is 6.46. The van der Waals surface area contributed by atoms with Crippen molar-refractivity contribution in [1.82, 2.24) is 0 Å². The number of halogens is 1. The largest absolute Gasteiger partial charge is 0.384 e. The second-order valence-corrected chi connectivity index (χ2v) is 4.99. The molecule has 0 saturated carbocycles. The van der Waals surface area contributed by atoms with Crippen molar-refractivity contribution in [1.29, 1.82) is 5.41 Å². The molecule has 1 unspecified atom stereocenters. The molecule has 1 aliphatic heterocycles. The van der Waals surface area contributed by atoms with E-state index in [-0.39, 0.29) is 11.9 Å². The molecule has 18 heavy (non-hydrogen) atoms. The van der Waals surface area contributed by atoms with Crippen molar-refractivity contribution in [2.24, 2.45) is 5.73 Å². The molecule has 98 valence electrons. The van der Waals surface area contributed by atoms with Crippen LogP contribution in [0.2, 0.25) is 5.02 Å². The van der Waals surface area contributed by atoms with Gasteiger partial charge in [0.2, 0.25) is 0 Å². The van der Waals surface area contributed by atoms with Crippen molar-refractivity contribution in [3.63, 3.8) is 0 Å². The van der Waals surface area contributed by atoms with Crippen LogP contribution in [0.15, 0.2) is 18.2 Å². The first kappa shape index (κ1) is 13.2. The molecular weight excluding hydrogens is 250 g/mol. The van der Waals surface area contributed by atoms with Gasteiger partial charge in [-0.1, -0.05) is 11.6 Å². The van der Waals surface area contributed by atoms with Crippen LogP contribution in [0.5, 0.6) is 0 Å². The van der Waals surface area contributed by atoms with Crippen LogP contribution in [0.4, 0.5) is 5.69 Å². The number of rotatable bonds is 2. The number of nitrogen functional groups attached to an aromatic ring is 1. The van der Waals surface area contributed by atoms with Gasteiger partial charge in [-0.15, -0.1) is 0 Å². The van der Waals surface area contributed by atoms with Crippen LogP contribution < -0.4 is 10.6 Å². The molecule has 1 fully saturated rings. The van der Waals surface area contributed by atoms with Crippen LogP contribution in [-0.2, 0) is 4.74 Å². The fraction of sp³-hybridized carbons (Fsp3) is 0.462. The van der Waals surface area contributed by atoms with Gasteiger partial charge < -0.3 is 15.4 Å². The zero-order valence-electron chi connectivity index (χ0n) is 10.4. The van der Waals surface area contributed by atoms with Gasteiger partial charge in [0.25, 0.3) is 0 Å². The normalized spacial score (nSPS) is 20.6. The lowest BCUT2D eigenvalue weighted by Crippen LogP contribution is -2.32. The van der Waals surface area contributed by atoms with Crippen LogP contribution in [0.3, 0.4) is 0 Å². The highest BCUT2D eigenvalue weighted by molar-refractivity contribution is 6.31. The Morgan fingerprint density at radius 3 is 3.06 bits per heavy atom. The summed E-state index contributed by atoms with van der Waals surface area (Å²) < 4.78 is 5.63. The lowest BCUT2D eigenvalue weighted by Gasteiger charge is -2.26. The molecule has 2 rings (SSSR count). The van der Waals surface area contributed by atoms with E-state index in [0.29, 0.717) is 10.6 Å². The Kier molecular flexibility index (Phi) is 4.09. The molecule has 0 bridgehead atoms. The van der Waals surface area contributed by atoms with Gasteiger partial charge in [0.1, 0.15) is 5.84 Å². The summed E-state index contributed by atoms with van der Waals surface area (Å²) in [7, 11) is 0. The van der Waals surface area contributed by atoms with Gasteiger partial charge in [-0.2, -0.15) is 0 Å². The lowest BCUT2D eigenvalue weighted by molar-refractivity contribution is 0.0821. The molecule has 3 N–H and O–H groups in total. The highest BCUT2D eigenvalue weighted by Gasteiger charge is 2.18. The van der Waals surface area contributed by atoms with E-state index in [1.54, 1.807) is 6.07 Å². The summed E-state index contributed by atoms with van der Waals surface area (Å²) in [5.74, 6) is 0.0466. The van der Waals surface area contributed by atoms with E-state index in [1.807, 2.05) is 12.1 Å². The molecule has 0 aliphatic carbocycles.